The van der Waals surface area contributed by atoms with Crippen LogP contribution in [0.25, 0.3) is 10.8 Å². The van der Waals surface area contributed by atoms with Crippen LogP contribution in [0.4, 0.5) is 0 Å². The zero-order valence-corrected chi connectivity index (χ0v) is 13.0. The van der Waals surface area contributed by atoms with E-state index in [1.807, 2.05) is 25.6 Å². The van der Waals surface area contributed by atoms with Crippen LogP contribution in [0.3, 0.4) is 0 Å². The van der Waals surface area contributed by atoms with Crippen LogP contribution < -0.4 is 0 Å². The number of thioether (sulfide) groups is 1. The predicted molar refractivity (Wildman–Crippen MR) is 86.3 cm³/mol. The molecule has 2 nitrogen and oxygen atoms in total. The van der Waals surface area contributed by atoms with Crippen LogP contribution in [-0.2, 0) is 9.47 Å². The molecule has 0 fully saturated rings. The molecule has 0 aliphatic rings. The van der Waals surface area contributed by atoms with Crippen molar-refractivity contribution in [1.29, 1.82) is 0 Å². The average molecular weight is 290 g/mol. The molecule has 0 spiro atoms. The number of rotatable bonds is 8. The Hall–Kier alpha value is -1.03. The van der Waals surface area contributed by atoms with Crippen molar-refractivity contribution in [2.24, 2.45) is 0 Å². The molecule has 0 saturated heterocycles. The van der Waals surface area contributed by atoms with E-state index in [0.717, 1.165) is 12.2 Å². The third-order valence-corrected chi connectivity index (χ3v) is 4.08. The third-order valence-electron chi connectivity index (χ3n) is 3.05. The van der Waals surface area contributed by atoms with Gasteiger partial charge in [-0.15, -0.1) is 11.8 Å². The molecule has 0 aliphatic heterocycles. The number of fused-ring (bicyclic) bond motifs is 1. The van der Waals surface area contributed by atoms with E-state index in [0.29, 0.717) is 13.2 Å². The molecule has 2 rings (SSSR count). The lowest BCUT2D eigenvalue weighted by molar-refractivity contribution is -0.136. The quantitative estimate of drug-likeness (QED) is 0.517. The molecular formula is C17H22O2S. The predicted octanol–water partition coefficient (Wildman–Crippen LogP) is 4.72. The third kappa shape index (κ3) is 4.51. The molecule has 0 radical (unpaired) electrons. The maximum absolute atomic E-state index is 5.56. The highest BCUT2D eigenvalue weighted by atomic mass is 32.2. The molecule has 0 bridgehead atoms. The number of hydrogen-bond acceptors (Lipinski definition) is 3. The molecule has 2 aromatic rings. The summed E-state index contributed by atoms with van der Waals surface area (Å²) in [6.07, 6.45) is 0.845. The highest BCUT2D eigenvalue weighted by Gasteiger charge is 2.07. The van der Waals surface area contributed by atoms with Crippen molar-refractivity contribution in [2.75, 3.05) is 19.0 Å². The van der Waals surface area contributed by atoms with Crippen LogP contribution in [0.1, 0.15) is 20.3 Å². The minimum atomic E-state index is -0.0713. The van der Waals surface area contributed by atoms with Crippen molar-refractivity contribution in [3.05, 3.63) is 42.5 Å². The molecule has 108 valence electrons. The summed E-state index contributed by atoms with van der Waals surface area (Å²) in [5, 5.41) is 2.59. The fourth-order valence-corrected chi connectivity index (χ4v) is 3.04. The maximum atomic E-state index is 5.56. The van der Waals surface area contributed by atoms with Gasteiger partial charge in [-0.2, -0.15) is 0 Å². The second kappa shape index (κ2) is 8.30. The van der Waals surface area contributed by atoms with Gasteiger partial charge in [-0.1, -0.05) is 30.3 Å². The van der Waals surface area contributed by atoms with E-state index in [9.17, 15) is 0 Å². The van der Waals surface area contributed by atoms with Gasteiger partial charge >= 0.3 is 0 Å². The summed E-state index contributed by atoms with van der Waals surface area (Å²) in [7, 11) is 0. The van der Waals surface area contributed by atoms with E-state index in [1.165, 1.54) is 15.7 Å². The van der Waals surface area contributed by atoms with E-state index in [-0.39, 0.29) is 6.29 Å². The van der Waals surface area contributed by atoms with E-state index >= 15 is 0 Å². The monoisotopic (exact) mass is 290 g/mol. The molecule has 20 heavy (non-hydrogen) atoms. The first-order valence-electron chi connectivity index (χ1n) is 7.18. The molecule has 0 heterocycles. The van der Waals surface area contributed by atoms with Crippen molar-refractivity contribution in [3.8, 4) is 0 Å². The zero-order chi connectivity index (χ0) is 14.2. The van der Waals surface area contributed by atoms with Crippen molar-refractivity contribution in [3.63, 3.8) is 0 Å². The topological polar surface area (TPSA) is 18.5 Å². The van der Waals surface area contributed by atoms with Gasteiger partial charge in [-0.3, -0.25) is 0 Å². The average Bonchev–Trinajstić information content (AvgIpc) is 2.47. The first-order chi connectivity index (χ1) is 9.83. The van der Waals surface area contributed by atoms with Gasteiger partial charge in [0, 0.05) is 30.3 Å². The van der Waals surface area contributed by atoms with Crippen molar-refractivity contribution in [2.45, 2.75) is 31.5 Å². The highest BCUT2D eigenvalue weighted by molar-refractivity contribution is 7.99. The Balaban J connectivity index is 1.88. The summed E-state index contributed by atoms with van der Waals surface area (Å²) < 4.78 is 11.1. The van der Waals surface area contributed by atoms with E-state index < -0.39 is 0 Å². The number of ether oxygens (including phenoxy) is 2. The van der Waals surface area contributed by atoms with Gasteiger partial charge in [0.05, 0.1) is 0 Å². The van der Waals surface area contributed by atoms with Crippen LogP contribution in [0.2, 0.25) is 0 Å². The van der Waals surface area contributed by atoms with E-state index in [1.54, 1.807) is 0 Å². The summed E-state index contributed by atoms with van der Waals surface area (Å²) in [5.74, 6) is 1.00. The highest BCUT2D eigenvalue weighted by Crippen LogP contribution is 2.24. The molecule has 3 heteroatoms. The Morgan fingerprint density at radius 3 is 2.35 bits per heavy atom. The van der Waals surface area contributed by atoms with Crippen molar-refractivity contribution < 1.29 is 9.47 Å². The van der Waals surface area contributed by atoms with Crippen molar-refractivity contribution in [1.82, 2.24) is 0 Å². The van der Waals surface area contributed by atoms with Crippen LogP contribution in [0.15, 0.2) is 47.4 Å². The molecule has 0 unspecified atom stereocenters. The van der Waals surface area contributed by atoms with Crippen LogP contribution in [0, 0.1) is 0 Å². The summed E-state index contributed by atoms with van der Waals surface area (Å²) in [6, 6.07) is 15.1. The first kappa shape index (κ1) is 15.4. The maximum Gasteiger partial charge on any atom is 0.158 e. The van der Waals surface area contributed by atoms with Gasteiger partial charge in [0.1, 0.15) is 0 Å². The minimum absolute atomic E-state index is 0.0713. The van der Waals surface area contributed by atoms with E-state index in [4.69, 9.17) is 9.47 Å². The Labute approximate surface area is 125 Å². The normalized spacial score (nSPS) is 11.3. The van der Waals surface area contributed by atoms with Gasteiger partial charge in [0.2, 0.25) is 0 Å². The molecule has 0 amide bonds. The molecule has 2 aromatic carbocycles. The Morgan fingerprint density at radius 1 is 0.950 bits per heavy atom. The van der Waals surface area contributed by atoms with Crippen molar-refractivity contribution >= 4 is 22.5 Å². The molecule has 0 saturated carbocycles. The minimum Gasteiger partial charge on any atom is -0.353 e. The SMILES string of the molecule is CCOC(CCSc1ccc2ccccc2c1)OCC. The smallest absolute Gasteiger partial charge is 0.158 e. The van der Waals surface area contributed by atoms with Gasteiger partial charge in [0.15, 0.2) is 6.29 Å². The van der Waals surface area contributed by atoms with Gasteiger partial charge in [-0.25, -0.2) is 0 Å². The summed E-state index contributed by atoms with van der Waals surface area (Å²) in [4.78, 5) is 1.30. The fourth-order valence-electron chi connectivity index (χ4n) is 2.12. The summed E-state index contributed by atoms with van der Waals surface area (Å²) >= 11 is 1.86. The standard InChI is InChI=1S/C17H22O2S/c1-3-18-17(19-4-2)11-12-20-16-10-9-14-7-5-6-8-15(14)13-16/h5-10,13,17H,3-4,11-12H2,1-2H3. The molecule has 0 aliphatic carbocycles. The lowest BCUT2D eigenvalue weighted by Crippen LogP contribution is -2.18. The molecule has 0 N–H and O–H groups in total. The van der Waals surface area contributed by atoms with Gasteiger partial charge in [0.25, 0.3) is 0 Å². The second-order valence-electron chi connectivity index (χ2n) is 4.49. The Morgan fingerprint density at radius 2 is 1.65 bits per heavy atom. The molecule has 0 atom stereocenters. The number of benzene rings is 2. The number of hydrogen-bond donors (Lipinski definition) is 0. The second-order valence-corrected chi connectivity index (χ2v) is 5.65. The van der Waals surface area contributed by atoms with Crippen LogP contribution in [0.5, 0.6) is 0 Å². The van der Waals surface area contributed by atoms with E-state index in [2.05, 4.69) is 42.5 Å². The van der Waals surface area contributed by atoms with Crippen LogP contribution in [-0.4, -0.2) is 25.3 Å². The molecular weight excluding hydrogens is 268 g/mol. The largest absolute Gasteiger partial charge is 0.353 e. The summed E-state index contributed by atoms with van der Waals surface area (Å²) in [6.45, 7) is 5.40. The van der Waals surface area contributed by atoms with Crippen LogP contribution >= 0.6 is 11.8 Å². The lowest BCUT2D eigenvalue weighted by atomic mass is 10.1. The summed E-state index contributed by atoms with van der Waals surface area (Å²) in [5.41, 5.74) is 0. The fraction of sp³-hybridized carbons (Fsp3) is 0.412. The lowest BCUT2D eigenvalue weighted by Gasteiger charge is -2.16. The van der Waals surface area contributed by atoms with Gasteiger partial charge < -0.3 is 9.47 Å². The Kier molecular flexibility index (Phi) is 6.37. The van der Waals surface area contributed by atoms with Gasteiger partial charge in [-0.05, 0) is 36.8 Å². The Bertz CT molecular complexity index is 521. The molecule has 0 aromatic heterocycles. The first-order valence-corrected chi connectivity index (χ1v) is 8.16. The zero-order valence-electron chi connectivity index (χ0n) is 12.2.